The molecule has 1 aliphatic carbocycles. The summed E-state index contributed by atoms with van der Waals surface area (Å²) in [5.41, 5.74) is 6.72. The van der Waals surface area contributed by atoms with Crippen molar-refractivity contribution in [3.63, 3.8) is 0 Å². The smallest absolute Gasteiger partial charge is 0.251 e. The summed E-state index contributed by atoms with van der Waals surface area (Å²) in [7, 11) is 3.10. The molecule has 1 aromatic rings. The standard InChI is InChI=1S/C16H23N3O3/c1-18-15(20)10-6-7-14(22-2)13(8-10)19-16(21)12-5-3-4-11(12)9-17/h6-8,11-12H,3-5,9,17H2,1-2H3,(H,18,20)(H,19,21)/t11-,12-/m1/s1. The van der Waals surface area contributed by atoms with E-state index >= 15 is 0 Å². The lowest BCUT2D eigenvalue weighted by Crippen LogP contribution is -2.30. The molecule has 0 saturated heterocycles. The monoisotopic (exact) mass is 305 g/mol. The molecule has 1 saturated carbocycles. The minimum absolute atomic E-state index is 0.0553. The number of carbonyl (C=O) groups is 2. The summed E-state index contributed by atoms with van der Waals surface area (Å²) in [4.78, 5) is 24.2. The Kier molecular flexibility index (Phi) is 5.38. The van der Waals surface area contributed by atoms with Crippen LogP contribution in [0.4, 0.5) is 5.69 Å². The average Bonchev–Trinajstić information content (AvgIpc) is 3.02. The lowest BCUT2D eigenvalue weighted by atomic mass is 9.95. The van der Waals surface area contributed by atoms with Crippen molar-refractivity contribution in [1.29, 1.82) is 0 Å². The van der Waals surface area contributed by atoms with Gasteiger partial charge in [0.1, 0.15) is 5.75 Å². The second-order valence-corrected chi connectivity index (χ2v) is 5.52. The second kappa shape index (κ2) is 7.26. The van der Waals surface area contributed by atoms with Crippen LogP contribution < -0.4 is 21.1 Å². The minimum atomic E-state index is -0.209. The topological polar surface area (TPSA) is 93.5 Å². The number of hydrogen-bond donors (Lipinski definition) is 3. The predicted octanol–water partition coefficient (Wildman–Crippen LogP) is 1.37. The molecule has 0 unspecified atom stereocenters. The third kappa shape index (κ3) is 3.39. The first-order valence-corrected chi connectivity index (χ1v) is 7.51. The van der Waals surface area contributed by atoms with Crippen LogP contribution in [0.3, 0.4) is 0 Å². The number of nitrogens with two attached hydrogens (primary N) is 1. The Labute approximate surface area is 130 Å². The maximum Gasteiger partial charge on any atom is 0.251 e. The highest BCUT2D eigenvalue weighted by molar-refractivity contribution is 5.99. The fraction of sp³-hybridized carbons (Fsp3) is 0.500. The molecular formula is C16H23N3O3. The van der Waals surface area contributed by atoms with Crippen molar-refractivity contribution in [2.24, 2.45) is 17.6 Å². The van der Waals surface area contributed by atoms with Gasteiger partial charge in [-0.15, -0.1) is 0 Å². The Hall–Kier alpha value is -2.08. The van der Waals surface area contributed by atoms with Gasteiger partial charge in [0.25, 0.3) is 5.91 Å². The van der Waals surface area contributed by atoms with Crippen LogP contribution in [-0.4, -0.2) is 32.5 Å². The number of rotatable bonds is 5. The molecule has 1 fully saturated rings. The molecule has 2 rings (SSSR count). The van der Waals surface area contributed by atoms with E-state index in [2.05, 4.69) is 10.6 Å². The average molecular weight is 305 g/mol. The van der Waals surface area contributed by atoms with Crippen molar-refractivity contribution in [2.75, 3.05) is 26.0 Å². The first-order valence-electron chi connectivity index (χ1n) is 7.51. The molecule has 22 heavy (non-hydrogen) atoms. The fourth-order valence-electron chi connectivity index (χ4n) is 2.98. The van der Waals surface area contributed by atoms with E-state index in [-0.39, 0.29) is 23.7 Å². The van der Waals surface area contributed by atoms with Crippen LogP contribution >= 0.6 is 0 Å². The summed E-state index contributed by atoms with van der Waals surface area (Å²) in [6.45, 7) is 0.521. The van der Waals surface area contributed by atoms with Crippen LogP contribution in [0.5, 0.6) is 5.75 Å². The number of methoxy groups -OCH3 is 1. The van der Waals surface area contributed by atoms with Crippen molar-refractivity contribution in [2.45, 2.75) is 19.3 Å². The Bertz CT molecular complexity index is 560. The Morgan fingerprint density at radius 3 is 2.77 bits per heavy atom. The maximum atomic E-state index is 12.5. The van der Waals surface area contributed by atoms with Crippen molar-refractivity contribution < 1.29 is 14.3 Å². The van der Waals surface area contributed by atoms with Crippen LogP contribution in [-0.2, 0) is 4.79 Å². The van der Waals surface area contributed by atoms with E-state index in [4.69, 9.17) is 10.5 Å². The van der Waals surface area contributed by atoms with Crippen LogP contribution in [0.25, 0.3) is 0 Å². The molecule has 0 radical (unpaired) electrons. The third-order valence-corrected chi connectivity index (χ3v) is 4.25. The lowest BCUT2D eigenvalue weighted by molar-refractivity contribution is -0.120. The van der Waals surface area contributed by atoms with Gasteiger partial charge < -0.3 is 21.1 Å². The summed E-state index contributed by atoms with van der Waals surface area (Å²) in [6, 6.07) is 4.96. The van der Waals surface area contributed by atoms with Crippen molar-refractivity contribution >= 4 is 17.5 Å². The van der Waals surface area contributed by atoms with Gasteiger partial charge in [0.15, 0.2) is 0 Å². The van der Waals surface area contributed by atoms with E-state index in [1.165, 1.54) is 7.11 Å². The van der Waals surface area contributed by atoms with Gasteiger partial charge in [0.05, 0.1) is 12.8 Å². The molecule has 0 spiro atoms. The summed E-state index contributed by atoms with van der Waals surface area (Å²) in [6.07, 6.45) is 2.87. The highest BCUT2D eigenvalue weighted by Gasteiger charge is 2.32. The molecule has 2 amide bonds. The van der Waals surface area contributed by atoms with E-state index in [1.807, 2.05) is 0 Å². The van der Waals surface area contributed by atoms with Gasteiger partial charge in [-0.3, -0.25) is 9.59 Å². The Morgan fingerprint density at radius 2 is 2.14 bits per heavy atom. The van der Waals surface area contributed by atoms with Crippen molar-refractivity contribution in [3.8, 4) is 5.75 Å². The van der Waals surface area contributed by atoms with Gasteiger partial charge in [0, 0.05) is 18.5 Å². The van der Waals surface area contributed by atoms with Crippen molar-refractivity contribution in [1.82, 2.24) is 5.32 Å². The third-order valence-electron chi connectivity index (χ3n) is 4.25. The Morgan fingerprint density at radius 1 is 1.36 bits per heavy atom. The van der Waals surface area contributed by atoms with Gasteiger partial charge in [-0.2, -0.15) is 0 Å². The summed E-state index contributed by atoms with van der Waals surface area (Å²) in [5.74, 6) is 0.425. The SMILES string of the molecule is CNC(=O)c1ccc(OC)c(NC(=O)[C@@H]2CCC[C@@H]2CN)c1. The fourth-order valence-corrected chi connectivity index (χ4v) is 2.98. The molecule has 6 heteroatoms. The number of hydrogen-bond acceptors (Lipinski definition) is 4. The Balaban J connectivity index is 2.20. The number of amides is 2. The van der Waals surface area contributed by atoms with Crippen LogP contribution in [0.15, 0.2) is 18.2 Å². The zero-order valence-corrected chi connectivity index (χ0v) is 13.0. The van der Waals surface area contributed by atoms with Gasteiger partial charge in [-0.05, 0) is 43.5 Å². The molecule has 2 atom stereocenters. The zero-order valence-electron chi connectivity index (χ0n) is 13.0. The second-order valence-electron chi connectivity index (χ2n) is 5.52. The molecule has 120 valence electrons. The first-order chi connectivity index (χ1) is 10.6. The van der Waals surface area contributed by atoms with Gasteiger partial charge in [-0.1, -0.05) is 6.42 Å². The van der Waals surface area contributed by atoms with E-state index in [9.17, 15) is 9.59 Å². The van der Waals surface area contributed by atoms with Gasteiger partial charge >= 0.3 is 0 Å². The number of carbonyl (C=O) groups excluding carboxylic acids is 2. The molecule has 0 heterocycles. The van der Waals surface area contributed by atoms with Crippen molar-refractivity contribution in [3.05, 3.63) is 23.8 Å². The highest BCUT2D eigenvalue weighted by Crippen LogP contribution is 2.33. The molecule has 6 nitrogen and oxygen atoms in total. The summed E-state index contributed by atoms with van der Waals surface area (Å²) >= 11 is 0. The number of benzene rings is 1. The lowest BCUT2D eigenvalue weighted by Gasteiger charge is -2.19. The molecule has 1 aromatic carbocycles. The molecule has 0 aromatic heterocycles. The van der Waals surface area contributed by atoms with E-state index in [1.54, 1.807) is 25.2 Å². The first kappa shape index (κ1) is 16.3. The van der Waals surface area contributed by atoms with Crippen LogP contribution in [0.1, 0.15) is 29.6 Å². The minimum Gasteiger partial charge on any atom is -0.495 e. The maximum absolute atomic E-state index is 12.5. The largest absolute Gasteiger partial charge is 0.495 e. The van der Waals surface area contributed by atoms with Crippen LogP contribution in [0.2, 0.25) is 0 Å². The molecule has 1 aliphatic rings. The van der Waals surface area contributed by atoms with E-state index < -0.39 is 0 Å². The van der Waals surface area contributed by atoms with Gasteiger partial charge in [0.2, 0.25) is 5.91 Å². The normalized spacial score (nSPS) is 20.5. The van der Waals surface area contributed by atoms with Gasteiger partial charge in [-0.25, -0.2) is 0 Å². The molecule has 4 N–H and O–H groups in total. The van der Waals surface area contributed by atoms with Crippen LogP contribution in [0, 0.1) is 11.8 Å². The summed E-state index contributed by atoms with van der Waals surface area (Å²) < 4.78 is 5.26. The molecule has 0 aliphatic heterocycles. The zero-order chi connectivity index (χ0) is 16.1. The quantitative estimate of drug-likeness (QED) is 0.766. The van der Waals surface area contributed by atoms with E-state index in [0.29, 0.717) is 23.5 Å². The molecular weight excluding hydrogens is 282 g/mol. The van der Waals surface area contributed by atoms with E-state index in [0.717, 1.165) is 19.3 Å². The predicted molar refractivity (Wildman–Crippen MR) is 84.9 cm³/mol. The summed E-state index contributed by atoms with van der Waals surface area (Å²) in [5, 5.41) is 5.45. The molecule has 0 bridgehead atoms. The number of ether oxygens (including phenoxy) is 1. The number of anilines is 1. The highest BCUT2D eigenvalue weighted by atomic mass is 16.5. The number of nitrogens with one attached hydrogen (secondary N) is 2.